The van der Waals surface area contributed by atoms with Crippen molar-refractivity contribution in [3.63, 3.8) is 0 Å². The van der Waals surface area contributed by atoms with Gasteiger partial charge in [0.2, 0.25) is 0 Å². The van der Waals surface area contributed by atoms with Gasteiger partial charge in [-0.25, -0.2) is 15.0 Å². The van der Waals surface area contributed by atoms with Crippen molar-refractivity contribution in [2.75, 3.05) is 0 Å². The number of nitrogens with zero attached hydrogens (tertiary/aromatic N) is 3. The third-order valence-electron chi connectivity index (χ3n) is 12.0. The van der Waals surface area contributed by atoms with E-state index in [-0.39, 0.29) is 0 Å². The number of aromatic nitrogens is 3. The van der Waals surface area contributed by atoms with Gasteiger partial charge >= 0.3 is 0 Å². The molecule has 1 spiro atoms. The molecule has 58 heavy (non-hydrogen) atoms. The Balaban J connectivity index is 1.17. The first-order valence-corrected chi connectivity index (χ1v) is 19.7. The number of hydrogen-bond donors (Lipinski definition) is 0. The summed E-state index contributed by atoms with van der Waals surface area (Å²) >= 11 is 0. The predicted octanol–water partition coefficient (Wildman–Crippen LogP) is 13.3. The zero-order valence-corrected chi connectivity index (χ0v) is 31.3. The van der Waals surface area contributed by atoms with E-state index in [2.05, 4.69) is 176 Å². The van der Waals surface area contributed by atoms with Gasteiger partial charge in [-0.2, -0.15) is 0 Å². The zero-order chi connectivity index (χ0) is 38.2. The first kappa shape index (κ1) is 32.5. The SMILES string of the molecule is c1ccc(-c2ccc(-c3nc(-c4ccccc4)nc(-c4cccc5c4C4(c6ccccc6-5)c5ccc6ccccc6c5Oc5c4ccc4ccccc54)n3)cc2)cc1. The van der Waals surface area contributed by atoms with Crippen molar-refractivity contribution in [1.82, 2.24) is 15.0 Å². The fraction of sp³-hybridized carbons (Fsp3) is 0.0185. The van der Waals surface area contributed by atoms with Crippen LogP contribution in [0.1, 0.15) is 22.3 Å². The van der Waals surface area contributed by atoms with E-state index < -0.39 is 5.41 Å². The third kappa shape index (κ3) is 4.72. The maximum Gasteiger partial charge on any atom is 0.164 e. The minimum absolute atomic E-state index is 0.621. The monoisotopic (exact) mass is 739 g/mol. The fourth-order valence-corrected chi connectivity index (χ4v) is 9.43. The molecule has 10 aromatic rings. The summed E-state index contributed by atoms with van der Waals surface area (Å²) in [6.07, 6.45) is 0. The second-order valence-electron chi connectivity index (χ2n) is 15.1. The summed E-state index contributed by atoms with van der Waals surface area (Å²) in [7, 11) is 0. The highest BCUT2D eigenvalue weighted by atomic mass is 16.5. The minimum Gasteiger partial charge on any atom is -0.455 e. The summed E-state index contributed by atoms with van der Waals surface area (Å²) in [6, 6.07) is 70.7. The van der Waals surface area contributed by atoms with E-state index in [4.69, 9.17) is 19.7 Å². The summed E-state index contributed by atoms with van der Waals surface area (Å²) in [5, 5.41) is 4.42. The Bertz CT molecular complexity index is 3160. The second kappa shape index (κ2) is 12.7. The summed E-state index contributed by atoms with van der Waals surface area (Å²) in [6.45, 7) is 0. The molecule has 1 aliphatic heterocycles. The van der Waals surface area contributed by atoms with Gasteiger partial charge in [-0.15, -0.1) is 0 Å². The summed E-state index contributed by atoms with van der Waals surface area (Å²) < 4.78 is 7.22. The average Bonchev–Trinajstić information content (AvgIpc) is 3.60. The lowest BCUT2D eigenvalue weighted by molar-refractivity contribution is 0.447. The van der Waals surface area contributed by atoms with Crippen LogP contribution in [0.15, 0.2) is 200 Å². The quantitative estimate of drug-likeness (QED) is 0.180. The molecule has 0 saturated heterocycles. The lowest BCUT2D eigenvalue weighted by Gasteiger charge is -2.41. The Kier molecular flexibility index (Phi) is 7.11. The number of ether oxygens (including phenoxy) is 1. The molecular formula is C54H33N3O. The molecule has 0 amide bonds. The molecule has 2 aliphatic rings. The highest BCUT2D eigenvalue weighted by Crippen LogP contribution is 2.65. The second-order valence-corrected chi connectivity index (χ2v) is 15.1. The molecule has 1 aliphatic carbocycles. The summed E-state index contributed by atoms with van der Waals surface area (Å²) in [5.74, 6) is 3.62. The van der Waals surface area contributed by atoms with Crippen molar-refractivity contribution in [2.45, 2.75) is 5.41 Å². The van der Waals surface area contributed by atoms with E-state index in [0.717, 1.165) is 83.1 Å². The van der Waals surface area contributed by atoms with E-state index in [1.807, 2.05) is 24.3 Å². The van der Waals surface area contributed by atoms with Gasteiger partial charge < -0.3 is 4.74 Å². The first-order chi connectivity index (χ1) is 28.8. The van der Waals surface area contributed by atoms with E-state index in [1.54, 1.807) is 0 Å². The maximum absolute atomic E-state index is 7.22. The molecule has 0 N–H and O–H groups in total. The van der Waals surface area contributed by atoms with Crippen molar-refractivity contribution in [1.29, 1.82) is 0 Å². The standard InChI is InChI=1S/C54H33N3O/c1-3-14-34(15-4-1)35-26-28-39(29-27-35)52-55-51(38-18-5-2-6-19-38)56-53(57-52)44-24-13-23-43-42-22-11-12-25-45(42)54(48(43)44)46-32-30-36-16-7-9-20-40(36)49(46)58-50-41-21-10-8-17-37(41)31-33-47(50)54/h1-33H. The maximum atomic E-state index is 7.22. The van der Waals surface area contributed by atoms with E-state index >= 15 is 0 Å². The number of hydrogen-bond acceptors (Lipinski definition) is 4. The Morgan fingerprint density at radius 1 is 0.310 bits per heavy atom. The minimum atomic E-state index is -0.753. The molecule has 2 heterocycles. The van der Waals surface area contributed by atoms with Crippen molar-refractivity contribution in [2.24, 2.45) is 0 Å². The molecule has 270 valence electrons. The van der Waals surface area contributed by atoms with Crippen LogP contribution < -0.4 is 4.74 Å². The molecule has 0 unspecified atom stereocenters. The van der Waals surface area contributed by atoms with E-state index in [9.17, 15) is 0 Å². The van der Waals surface area contributed by atoms with Crippen molar-refractivity contribution < 1.29 is 4.74 Å². The third-order valence-corrected chi connectivity index (χ3v) is 12.0. The van der Waals surface area contributed by atoms with Gasteiger partial charge in [-0.1, -0.05) is 200 Å². The Labute approximate surface area is 335 Å². The first-order valence-electron chi connectivity index (χ1n) is 19.7. The van der Waals surface area contributed by atoms with Crippen LogP contribution in [-0.2, 0) is 5.41 Å². The topological polar surface area (TPSA) is 47.9 Å². The molecule has 0 radical (unpaired) electrons. The molecule has 1 aromatic heterocycles. The number of fused-ring (bicyclic) bond motifs is 13. The predicted molar refractivity (Wildman–Crippen MR) is 234 cm³/mol. The van der Waals surface area contributed by atoms with Crippen LogP contribution in [0.2, 0.25) is 0 Å². The lowest BCUT2D eigenvalue weighted by Crippen LogP contribution is -2.33. The number of rotatable bonds is 4. The Morgan fingerprint density at radius 2 is 0.776 bits per heavy atom. The van der Waals surface area contributed by atoms with Crippen LogP contribution in [0.5, 0.6) is 11.5 Å². The molecule has 0 bridgehead atoms. The van der Waals surface area contributed by atoms with Crippen LogP contribution in [0, 0.1) is 0 Å². The van der Waals surface area contributed by atoms with E-state index in [1.165, 1.54) is 11.1 Å². The molecule has 4 heteroatoms. The Hall–Kier alpha value is -7.69. The smallest absolute Gasteiger partial charge is 0.164 e. The van der Waals surface area contributed by atoms with Gasteiger partial charge in [0.05, 0.1) is 5.41 Å². The largest absolute Gasteiger partial charge is 0.455 e. The number of benzene rings is 9. The molecule has 0 atom stereocenters. The molecule has 9 aromatic carbocycles. The zero-order valence-electron chi connectivity index (χ0n) is 31.3. The van der Waals surface area contributed by atoms with Crippen molar-refractivity contribution in [3.8, 4) is 67.9 Å². The summed E-state index contributed by atoms with van der Waals surface area (Å²) in [5.41, 5.74) is 11.2. The van der Waals surface area contributed by atoms with Gasteiger partial charge in [0, 0.05) is 38.6 Å². The van der Waals surface area contributed by atoms with Gasteiger partial charge in [-0.05, 0) is 44.2 Å². The van der Waals surface area contributed by atoms with Gasteiger partial charge in [0.25, 0.3) is 0 Å². The molecule has 0 saturated carbocycles. The van der Waals surface area contributed by atoms with Gasteiger partial charge in [0.1, 0.15) is 11.5 Å². The van der Waals surface area contributed by atoms with Crippen LogP contribution in [0.3, 0.4) is 0 Å². The molecular weight excluding hydrogens is 707 g/mol. The lowest BCUT2D eigenvalue weighted by atomic mass is 9.64. The molecule has 4 nitrogen and oxygen atoms in total. The fourth-order valence-electron chi connectivity index (χ4n) is 9.43. The van der Waals surface area contributed by atoms with Crippen LogP contribution in [0.25, 0.3) is 78.0 Å². The van der Waals surface area contributed by atoms with Gasteiger partial charge in [0.15, 0.2) is 17.5 Å². The molecule has 12 rings (SSSR count). The average molecular weight is 740 g/mol. The molecule has 0 fully saturated rings. The highest BCUT2D eigenvalue weighted by molar-refractivity contribution is 6.01. The normalized spacial score (nSPS) is 13.1. The van der Waals surface area contributed by atoms with Crippen LogP contribution >= 0.6 is 0 Å². The highest BCUT2D eigenvalue weighted by Gasteiger charge is 2.53. The van der Waals surface area contributed by atoms with E-state index in [0.29, 0.717) is 17.5 Å². The van der Waals surface area contributed by atoms with Crippen LogP contribution in [-0.4, -0.2) is 15.0 Å². The van der Waals surface area contributed by atoms with Crippen LogP contribution in [0.4, 0.5) is 0 Å². The Morgan fingerprint density at radius 3 is 1.43 bits per heavy atom. The van der Waals surface area contributed by atoms with Gasteiger partial charge in [-0.3, -0.25) is 0 Å². The summed E-state index contributed by atoms with van der Waals surface area (Å²) in [4.78, 5) is 15.9. The van der Waals surface area contributed by atoms with Crippen molar-refractivity contribution >= 4 is 21.5 Å². The van der Waals surface area contributed by atoms with Crippen molar-refractivity contribution in [3.05, 3.63) is 222 Å².